The average Bonchev–Trinajstić information content (AvgIpc) is 3.17. The van der Waals surface area contributed by atoms with Gasteiger partial charge in [-0.3, -0.25) is 9.59 Å². The number of carbonyl (C=O) groups is 2. The van der Waals surface area contributed by atoms with Crippen LogP contribution in [0.5, 0.6) is 0 Å². The highest BCUT2D eigenvalue weighted by molar-refractivity contribution is 5.98. The van der Waals surface area contributed by atoms with Crippen molar-refractivity contribution in [2.24, 2.45) is 5.92 Å². The number of hydrogen-bond donors (Lipinski definition) is 1. The third kappa shape index (κ3) is 2.44. The molecule has 0 aromatic carbocycles. The highest BCUT2D eigenvalue weighted by atomic mass is 16.2. The first-order valence-electron chi connectivity index (χ1n) is 7.16. The maximum atomic E-state index is 11.8. The van der Waals surface area contributed by atoms with E-state index < -0.39 is 0 Å². The molecule has 1 N–H and O–H groups in total. The van der Waals surface area contributed by atoms with Crippen LogP contribution in [0.2, 0.25) is 0 Å². The van der Waals surface area contributed by atoms with Gasteiger partial charge in [0.1, 0.15) is 0 Å². The smallest absolute Gasteiger partial charge is 0.223 e. The molecule has 1 saturated carbocycles. The number of aromatic nitrogens is 1. The number of Topliss-reactive ketones (excluding diaryl/α,β-unsaturated/α-hetero) is 1. The zero-order valence-corrected chi connectivity index (χ0v) is 11.4. The first kappa shape index (κ1) is 12.5. The fraction of sp³-hybridized carbons (Fsp3) is 0.600. The van der Waals surface area contributed by atoms with Crippen molar-refractivity contribution in [1.82, 2.24) is 9.88 Å². The molecule has 1 fully saturated rings. The van der Waals surface area contributed by atoms with E-state index in [-0.39, 0.29) is 17.6 Å². The predicted octanol–water partition coefficient (Wildman–Crippen LogP) is 1.84. The fourth-order valence-electron chi connectivity index (χ4n) is 2.88. The Labute approximate surface area is 113 Å². The van der Waals surface area contributed by atoms with Crippen molar-refractivity contribution < 1.29 is 9.59 Å². The molecule has 2 aliphatic carbocycles. The van der Waals surface area contributed by atoms with E-state index in [1.165, 1.54) is 0 Å². The van der Waals surface area contributed by atoms with Gasteiger partial charge in [0.25, 0.3) is 0 Å². The molecule has 3 rings (SSSR count). The van der Waals surface area contributed by atoms with Gasteiger partial charge < -0.3 is 9.88 Å². The first-order valence-corrected chi connectivity index (χ1v) is 7.16. The molecule has 0 bridgehead atoms. The zero-order chi connectivity index (χ0) is 13.4. The molecule has 1 heterocycles. The summed E-state index contributed by atoms with van der Waals surface area (Å²) in [5.74, 6) is 0.723. The molecule has 102 valence electrons. The quantitative estimate of drug-likeness (QED) is 0.898. The van der Waals surface area contributed by atoms with Crippen LogP contribution in [0.4, 0.5) is 0 Å². The normalized spacial score (nSPS) is 18.3. The summed E-state index contributed by atoms with van der Waals surface area (Å²) in [5.41, 5.74) is 3.19. The van der Waals surface area contributed by atoms with E-state index in [0.717, 1.165) is 49.2 Å². The summed E-state index contributed by atoms with van der Waals surface area (Å²) >= 11 is 0. The second-order valence-electron chi connectivity index (χ2n) is 5.64. The van der Waals surface area contributed by atoms with Crippen LogP contribution in [-0.4, -0.2) is 22.8 Å². The lowest BCUT2D eigenvalue weighted by atomic mass is 9.97. The summed E-state index contributed by atoms with van der Waals surface area (Å²) in [6.07, 6.45) is 4.68. The van der Waals surface area contributed by atoms with E-state index in [9.17, 15) is 9.59 Å². The molecule has 1 amide bonds. The molecule has 1 aromatic heterocycles. The number of fused-ring (bicyclic) bond motifs is 1. The minimum Gasteiger partial charge on any atom is -0.354 e. The van der Waals surface area contributed by atoms with Gasteiger partial charge in [0, 0.05) is 42.4 Å². The third-order valence-electron chi connectivity index (χ3n) is 4.12. The summed E-state index contributed by atoms with van der Waals surface area (Å²) in [4.78, 5) is 23.4. The molecule has 0 spiro atoms. The van der Waals surface area contributed by atoms with Crippen LogP contribution in [0.3, 0.4) is 0 Å². The van der Waals surface area contributed by atoms with Gasteiger partial charge in [-0.1, -0.05) is 0 Å². The Bertz CT molecular complexity index is 526. The molecule has 0 aliphatic heterocycles. The summed E-state index contributed by atoms with van der Waals surface area (Å²) in [7, 11) is 0. The summed E-state index contributed by atoms with van der Waals surface area (Å²) in [5, 5.41) is 2.98. The molecule has 2 aliphatic rings. The van der Waals surface area contributed by atoms with Gasteiger partial charge in [-0.15, -0.1) is 0 Å². The van der Waals surface area contributed by atoms with Gasteiger partial charge >= 0.3 is 0 Å². The molecule has 0 saturated heterocycles. The number of hydrogen-bond acceptors (Lipinski definition) is 2. The number of nitrogens with zero attached hydrogens (tertiary/aromatic N) is 1. The Morgan fingerprint density at radius 3 is 2.95 bits per heavy atom. The third-order valence-corrected chi connectivity index (χ3v) is 4.12. The predicted molar refractivity (Wildman–Crippen MR) is 72.2 cm³/mol. The number of aryl methyl sites for hydroxylation is 1. The van der Waals surface area contributed by atoms with Gasteiger partial charge in [0.2, 0.25) is 5.91 Å². The maximum absolute atomic E-state index is 11.8. The van der Waals surface area contributed by atoms with Gasteiger partial charge in [0.05, 0.1) is 0 Å². The van der Waals surface area contributed by atoms with E-state index >= 15 is 0 Å². The van der Waals surface area contributed by atoms with Crippen molar-refractivity contribution in [1.29, 1.82) is 0 Å². The largest absolute Gasteiger partial charge is 0.354 e. The van der Waals surface area contributed by atoms with E-state index in [1.54, 1.807) is 0 Å². The van der Waals surface area contributed by atoms with Crippen LogP contribution < -0.4 is 5.32 Å². The first-order chi connectivity index (χ1) is 9.16. The SMILES string of the molecule is Cc1cc2c(n1CCNC(=O)C1CC1)CCCC2=O. The number of rotatable bonds is 4. The molecular weight excluding hydrogens is 240 g/mol. The van der Waals surface area contributed by atoms with Crippen molar-refractivity contribution in [2.75, 3.05) is 6.54 Å². The van der Waals surface area contributed by atoms with E-state index in [2.05, 4.69) is 9.88 Å². The van der Waals surface area contributed by atoms with Crippen molar-refractivity contribution in [3.05, 3.63) is 23.0 Å². The second kappa shape index (κ2) is 4.83. The lowest BCUT2D eigenvalue weighted by Crippen LogP contribution is -2.29. The number of nitrogens with one attached hydrogen (secondary N) is 1. The van der Waals surface area contributed by atoms with Crippen LogP contribution >= 0.6 is 0 Å². The molecule has 0 unspecified atom stereocenters. The van der Waals surface area contributed by atoms with Crippen LogP contribution in [-0.2, 0) is 17.8 Å². The number of carbonyl (C=O) groups excluding carboxylic acids is 2. The topological polar surface area (TPSA) is 51.1 Å². The van der Waals surface area contributed by atoms with Crippen molar-refractivity contribution >= 4 is 11.7 Å². The summed E-state index contributed by atoms with van der Waals surface area (Å²) in [6.45, 7) is 3.46. The molecule has 4 heteroatoms. The summed E-state index contributed by atoms with van der Waals surface area (Å²) in [6, 6.07) is 2.00. The van der Waals surface area contributed by atoms with Crippen LogP contribution in [0.15, 0.2) is 6.07 Å². The zero-order valence-electron chi connectivity index (χ0n) is 11.4. The van der Waals surface area contributed by atoms with Gasteiger partial charge in [-0.05, 0) is 38.7 Å². The van der Waals surface area contributed by atoms with Gasteiger partial charge in [0.15, 0.2) is 5.78 Å². The molecule has 0 radical (unpaired) electrons. The Hall–Kier alpha value is -1.58. The van der Waals surface area contributed by atoms with Gasteiger partial charge in [-0.25, -0.2) is 0 Å². The fourth-order valence-corrected chi connectivity index (χ4v) is 2.88. The van der Waals surface area contributed by atoms with Crippen LogP contribution in [0.1, 0.15) is 47.4 Å². The second-order valence-corrected chi connectivity index (χ2v) is 5.64. The molecule has 0 atom stereocenters. The summed E-state index contributed by atoms with van der Waals surface area (Å²) < 4.78 is 2.19. The lowest BCUT2D eigenvalue weighted by Gasteiger charge is -2.16. The monoisotopic (exact) mass is 260 g/mol. The van der Waals surface area contributed by atoms with Crippen molar-refractivity contribution in [2.45, 2.75) is 45.6 Å². The molecule has 19 heavy (non-hydrogen) atoms. The average molecular weight is 260 g/mol. The number of ketones is 1. The lowest BCUT2D eigenvalue weighted by molar-refractivity contribution is -0.122. The Morgan fingerprint density at radius 1 is 1.42 bits per heavy atom. The highest BCUT2D eigenvalue weighted by Gasteiger charge is 2.29. The molecule has 4 nitrogen and oxygen atoms in total. The van der Waals surface area contributed by atoms with Crippen LogP contribution in [0, 0.1) is 12.8 Å². The highest BCUT2D eigenvalue weighted by Crippen LogP contribution is 2.28. The Kier molecular flexibility index (Phi) is 3.17. The van der Waals surface area contributed by atoms with Gasteiger partial charge in [-0.2, -0.15) is 0 Å². The maximum Gasteiger partial charge on any atom is 0.223 e. The van der Waals surface area contributed by atoms with Crippen molar-refractivity contribution in [3.63, 3.8) is 0 Å². The van der Waals surface area contributed by atoms with E-state index in [4.69, 9.17) is 0 Å². The van der Waals surface area contributed by atoms with E-state index in [1.807, 2.05) is 13.0 Å². The van der Waals surface area contributed by atoms with Crippen molar-refractivity contribution in [3.8, 4) is 0 Å². The number of amides is 1. The molecular formula is C15H20N2O2. The van der Waals surface area contributed by atoms with Crippen LogP contribution in [0.25, 0.3) is 0 Å². The standard InChI is InChI=1S/C15H20N2O2/c1-10-9-12-13(3-2-4-14(12)18)17(10)8-7-16-15(19)11-5-6-11/h9,11H,2-8H2,1H3,(H,16,19). The Balaban J connectivity index is 1.67. The molecule has 1 aromatic rings. The van der Waals surface area contributed by atoms with E-state index in [0.29, 0.717) is 13.0 Å². The Morgan fingerprint density at radius 2 is 2.21 bits per heavy atom. The minimum atomic E-state index is 0.190. The minimum absolute atomic E-state index is 0.190.